The average molecular weight is 1570 g/mol. The van der Waals surface area contributed by atoms with Crippen molar-refractivity contribution in [2.24, 2.45) is 0 Å². The number of hydrogen-bond donors (Lipinski definition) is 12. The summed E-state index contributed by atoms with van der Waals surface area (Å²) in [6.45, 7) is 1.83. The van der Waals surface area contributed by atoms with Crippen molar-refractivity contribution in [3.63, 3.8) is 0 Å². The van der Waals surface area contributed by atoms with Gasteiger partial charge in [0.2, 0.25) is 5.91 Å². The van der Waals surface area contributed by atoms with E-state index in [2.05, 4.69) is 19.2 Å². The number of ether oxygens (including phenoxy) is 6. The Labute approximate surface area is 671 Å². The monoisotopic (exact) mass is 1570 g/mol. The number of amides is 1. The first kappa shape index (κ1) is 103. The van der Waals surface area contributed by atoms with Gasteiger partial charge in [-0.15, -0.1) is 0 Å². The minimum atomic E-state index is -1.98. The summed E-state index contributed by atoms with van der Waals surface area (Å²) >= 11 is 0. The van der Waals surface area contributed by atoms with Gasteiger partial charge < -0.3 is 89.9 Å². The SMILES string of the molecule is CCCCCCCCCCCCCCCCCCCCCCCCCCCCCC/C=C/C(O)C(COC1OC(CO)C(OC2OC(CO)C(OC3OC(CO)C(O)C(O)C3O)C(O)C2O)C(O)C1O)NC(=O)CCCCCCCCCCCCCCCCCCCCCCCCCCCCCCCCCCCCC. The van der Waals surface area contributed by atoms with Crippen LogP contribution in [0.1, 0.15) is 431 Å². The van der Waals surface area contributed by atoms with Gasteiger partial charge in [0.1, 0.15) is 73.2 Å². The van der Waals surface area contributed by atoms with E-state index in [4.69, 9.17) is 28.4 Å². The smallest absolute Gasteiger partial charge is 0.220 e. The number of aliphatic hydroxyl groups excluding tert-OH is 11. The van der Waals surface area contributed by atoms with Crippen LogP contribution in [0.25, 0.3) is 0 Å². The van der Waals surface area contributed by atoms with Crippen molar-refractivity contribution in [3.05, 3.63) is 12.2 Å². The summed E-state index contributed by atoms with van der Waals surface area (Å²) in [5.41, 5.74) is 0. The molecule has 3 saturated heterocycles. The molecule has 0 aromatic heterocycles. The lowest BCUT2D eigenvalue weighted by Crippen LogP contribution is -2.66. The second kappa shape index (κ2) is 71.6. The fourth-order valence-electron chi connectivity index (χ4n) is 16.4. The molecule has 0 aromatic carbocycles. The van der Waals surface area contributed by atoms with Gasteiger partial charge in [-0.1, -0.05) is 418 Å². The molecular formula is C91H175NO18. The van der Waals surface area contributed by atoms with Crippen LogP contribution in [0.5, 0.6) is 0 Å². The minimum absolute atomic E-state index is 0.251. The molecular weight excluding hydrogens is 1390 g/mol. The molecule has 0 spiro atoms. The van der Waals surface area contributed by atoms with Gasteiger partial charge in [-0.25, -0.2) is 0 Å². The molecule has 1 amide bonds. The lowest BCUT2D eigenvalue weighted by molar-refractivity contribution is -0.379. The van der Waals surface area contributed by atoms with Crippen LogP contribution in [0.15, 0.2) is 12.2 Å². The van der Waals surface area contributed by atoms with Crippen molar-refractivity contribution in [1.82, 2.24) is 5.32 Å². The van der Waals surface area contributed by atoms with Gasteiger partial charge in [0, 0.05) is 6.42 Å². The highest BCUT2D eigenvalue weighted by atomic mass is 16.8. The highest BCUT2D eigenvalue weighted by molar-refractivity contribution is 5.76. The number of rotatable bonds is 78. The molecule has 0 radical (unpaired) electrons. The molecule has 3 rings (SSSR count). The van der Waals surface area contributed by atoms with Gasteiger partial charge in [-0.2, -0.15) is 0 Å². The second-order valence-electron chi connectivity index (χ2n) is 33.8. The third kappa shape index (κ3) is 49.7. The van der Waals surface area contributed by atoms with Gasteiger partial charge >= 0.3 is 0 Å². The van der Waals surface area contributed by atoms with E-state index in [0.29, 0.717) is 6.42 Å². The molecule has 110 heavy (non-hydrogen) atoms. The fraction of sp³-hybridized carbons (Fsp3) is 0.967. The Morgan fingerprint density at radius 2 is 0.564 bits per heavy atom. The van der Waals surface area contributed by atoms with Crippen molar-refractivity contribution in [1.29, 1.82) is 0 Å². The van der Waals surface area contributed by atoms with Crippen molar-refractivity contribution in [3.8, 4) is 0 Å². The summed E-state index contributed by atoms with van der Waals surface area (Å²) in [5, 5.41) is 121. The van der Waals surface area contributed by atoms with E-state index in [0.717, 1.165) is 44.9 Å². The second-order valence-corrected chi connectivity index (χ2v) is 33.8. The highest BCUT2D eigenvalue weighted by Crippen LogP contribution is 2.34. The maximum absolute atomic E-state index is 13.5. The summed E-state index contributed by atoms with van der Waals surface area (Å²) in [6, 6.07) is -0.972. The summed E-state index contributed by atoms with van der Waals surface area (Å²) in [4.78, 5) is 13.5. The summed E-state index contributed by atoms with van der Waals surface area (Å²) in [7, 11) is 0. The lowest BCUT2D eigenvalue weighted by Gasteiger charge is -2.48. The van der Waals surface area contributed by atoms with E-state index in [1.165, 1.54) is 360 Å². The molecule has 12 N–H and O–H groups in total. The Morgan fingerprint density at radius 1 is 0.318 bits per heavy atom. The zero-order valence-corrected chi connectivity index (χ0v) is 70.5. The number of allylic oxidation sites excluding steroid dienone is 1. The third-order valence-corrected chi connectivity index (χ3v) is 23.8. The van der Waals surface area contributed by atoms with Gasteiger partial charge in [-0.3, -0.25) is 4.79 Å². The molecule has 0 aliphatic carbocycles. The normalized spacial score (nSPS) is 25.1. The molecule has 3 heterocycles. The fourth-order valence-corrected chi connectivity index (χ4v) is 16.4. The predicted molar refractivity (Wildman–Crippen MR) is 444 cm³/mol. The molecule has 19 heteroatoms. The van der Waals surface area contributed by atoms with Crippen LogP contribution in [0.3, 0.4) is 0 Å². The van der Waals surface area contributed by atoms with Crippen LogP contribution < -0.4 is 5.32 Å². The minimum Gasteiger partial charge on any atom is -0.394 e. The van der Waals surface area contributed by atoms with Crippen molar-refractivity contribution < 1.29 is 89.4 Å². The molecule has 0 aromatic rings. The van der Waals surface area contributed by atoms with E-state index >= 15 is 0 Å². The Kier molecular flexibility index (Phi) is 66.9. The first-order valence-corrected chi connectivity index (χ1v) is 46.9. The predicted octanol–water partition coefficient (Wildman–Crippen LogP) is 18.2. The zero-order valence-electron chi connectivity index (χ0n) is 70.5. The largest absolute Gasteiger partial charge is 0.394 e. The number of carbonyl (C=O) groups excluding carboxylic acids is 1. The molecule has 19 nitrogen and oxygen atoms in total. The van der Waals surface area contributed by atoms with Crippen LogP contribution in [-0.4, -0.2) is 193 Å². The van der Waals surface area contributed by atoms with E-state index in [-0.39, 0.29) is 18.9 Å². The molecule has 3 aliphatic heterocycles. The van der Waals surface area contributed by atoms with E-state index in [1.807, 2.05) is 6.08 Å². The van der Waals surface area contributed by atoms with Crippen LogP contribution in [0.2, 0.25) is 0 Å². The van der Waals surface area contributed by atoms with E-state index in [9.17, 15) is 61.0 Å². The first-order valence-electron chi connectivity index (χ1n) is 46.9. The van der Waals surface area contributed by atoms with Gasteiger partial charge in [-0.05, 0) is 19.3 Å². The number of nitrogens with one attached hydrogen (secondary N) is 1. The summed E-state index contributed by atoms with van der Waals surface area (Å²) < 4.78 is 34.6. The summed E-state index contributed by atoms with van der Waals surface area (Å²) in [5.74, 6) is -0.264. The van der Waals surface area contributed by atoms with Crippen molar-refractivity contribution in [2.75, 3.05) is 26.4 Å². The molecule has 3 fully saturated rings. The van der Waals surface area contributed by atoms with Gasteiger partial charge in [0.15, 0.2) is 18.9 Å². The number of carbonyl (C=O) groups is 1. The molecule has 652 valence electrons. The highest BCUT2D eigenvalue weighted by Gasteiger charge is 2.54. The zero-order chi connectivity index (χ0) is 79.5. The number of hydrogen-bond acceptors (Lipinski definition) is 18. The molecule has 0 saturated carbocycles. The van der Waals surface area contributed by atoms with Crippen molar-refractivity contribution >= 4 is 5.91 Å². The van der Waals surface area contributed by atoms with Crippen LogP contribution in [0, 0.1) is 0 Å². The van der Waals surface area contributed by atoms with Gasteiger partial charge in [0.05, 0.1) is 38.6 Å². The Hall–Kier alpha value is -1.47. The molecule has 17 atom stereocenters. The molecule has 17 unspecified atom stereocenters. The standard InChI is InChI=1S/C91H175NO18/c1-3-5-7-9-11-13-15-17-19-21-23-25-27-29-31-33-35-36-37-38-39-41-43-45-47-49-51-53-55-57-59-61-63-65-67-69-79(97)92-74(75(96)68-66-64-62-60-58-56-54-52-50-48-46-44-42-40-34-32-30-28-26-24-22-20-18-16-14-12-10-8-6-4-2)73-105-89-85(103)82(100)87(77(71-94)107-89)110-91-86(104)83(101)88(78(72-95)108-91)109-90-84(102)81(99)80(98)76(70-93)106-90/h66,68,74-78,80-91,93-96,98-104H,3-65,67,69-73H2,1-2H3,(H,92,97)/b68-66+. The topological polar surface area (TPSA) is 307 Å². The lowest BCUT2D eigenvalue weighted by atomic mass is 9.96. The number of unbranched alkanes of at least 4 members (excludes halogenated alkanes) is 62. The van der Waals surface area contributed by atoms with Crippen LogP contribution >= 0.6 is 0 Å². The summed E-state index contributed by atoms with van der Waals surface area (Å²) in [6.07, 6.45) is 62.4. The molecule has 3 aliphatic rings. The van der Waals surface area contributed by atoms with Crippen LogP contribution in [-0.2, 0) is 33.2 Å². The Morgan fingerprint density at radius 3 is 0.855 bits per heavy atom. The maximum atomic E-state index is 13.5. The quantitative estimate of drug-likeness (QED) is 0.0199. The van der Waals surface area contributed by atoms with E-state index < -0.39 is 124 Å². The first-order chi connectivity index (χ1) is 53.8. The average Bonchev–Trinajstić information content (AvgIpc) is 0.779. The number of aliphatic hydroxyl groups is 11. The van der Waals surface area contributed by atoms with Crippen molar-refractivity contribution in [2.45, 2.75) is 535 Å². The van der Waals surface area contributed by atoms with Crippen LogP contribution in [0.4, 0.5) is 0 Å². The Balaban J connectivity index is 1.31. The Bertz CT molecular complexity index is 2030. The third-order valence-electron chi connectivity index (χ3n) is 23.8. The van der Waals surface area contributed by atoms with Gasteiger partial charge in [0.25, 0.3) is 0 Å². The van der Waals surface area contributed by atoms with E-state index in [1.54, 1.807) is 6.08 Å². The molecule has 0 bridgehead atoms. The maximum Gasteiger partial charge on any atom is 0.220 e.